The molecule has 0 radical (unpaired) electrons. The van der Waals surface area contributed by atoms with Gasteiger partial charge in [-0.3, -0.25) is 0 Å². The molecule has 6 heteroatoms. The molecule has 0 unspecified atom stereocenters. The monoisotopic (exact) mass is 168 g/mol. The molecule has 0 atom stereocenters. The fourth-order valence-corrected chi connectivity index (χ4v) is 0.811. The van der Waals surface area contributed by atoms with E-state index < -0.39 is 0 Å². The van der Waals surface area contributed by atoms with Gasteiger partial charge in [-0.1, -0.05) is 0 Å². The van der Waals surface area contributed by atoms with Gasteiger partial charge in [0.15, 0.2) is 0 Å². The van der Waals surface area contributed by atoms with Gasteiger partial charge in [-0.25, -0.2) is 5.84 Å². The first kappa shape index (κ1) is 8.54. The molecule has 0 spiro atoms. The maximum absolute atomic E-state index is 5.41. The van der Waals surface area contributed by atoms with E-state index in [1.165, 1.54) is 0 Å². The minimum absolute atomic E-state index is 0.196. The summed E-state index contributed by atoms with van der Waals surface area (Å²) in [4.78, 5) is 7.76. The van der Waals surface area contributed by atoms with E-state index in [0.29, 0.717) is 11.6 Å². The van der Waals surface area contributed by atoms with Crippen molar-refractivity contribution in [1.82, 2.24) is 9.97 Å². The van der Waals surface area contributed by atoms with Gasteiger partial charge in [0.25, 0.3) is 0 Å². The Balaban J connectivity index is 2.90. The average molecular weight is 168 g/mol. The lowest BCUT2D eigenvalue weighted by atomic mass is 10.5. The summed E-state index contributed by atoms with van der Waals surface area (Å²) in [5.41, 5.74) is 7.80. The molecule has 1 rings (SSSR count). The topological polar surface area (TPSA) is 102 Å². The lowest BCUT2D eigenvalue weighted by molar-refractivity contribution is 1.11. The van der Waals surface area contributed by atoms with Crippen LogP contribution in [0.4, 0.5) is 17.6 Å². The first-order valence-electron chi connectivity index (χ1n) is 3.61. The second-order valence-corrected chi connectivity index (χ2v) is 2.17. The van der Waals surface area contributed by atoms with Crippen molar-refractivity contribution in [2.45, 2.75) is 6.92 Å². The second-order valence-electron chi connectivity index (χ2n) is 2.17. The number of hydrazine groups is 1. The number of nitrogens with zero attached hydrogens (tertiary/aromatic N) is 2. The Hall–Kier alpha value is -1.56. The summed E-state index contributed by atoms with van der Waals surface area (Å²) in [5, 5.41) is 3.00. The average Bonchev–Trinajstić information content (AvgIpc) is 2.04. The molecular weight excluding hydrogens is 156 g/mol. The minimum Gasteiger partial charge on any atom is -0.370 e. The van der Waals surface area contributed by atoms with Crippen LogP contribution in [0.3, 0.4) is 0 Å². The van der Waals surface area contributed by atoms with Gasteiger partial charge >= 0.3 is 0 Å². The third kappa shape index (κ3) is 1.96. The van der Waals surface area contributed by atoms with Gasteiger partial charge < -0.3 is 16.5 Å². The molecule has 0 aliphatic rings. The zero-order valence-corrected chi connectivity index (χ0v) is 6.83. The van der Waals surface area contributed by atoms with Gasteiger partial charge in [0, 0.05) is 12.6 Å². The molecule has 1 aromatic heterocycles. The number of nitrogen functional groups attached to an aromatic ring is 2. The first-order valence-corrected chi connectivity index (χ1v) is 3.61. The van der Waals surface area contributed by atoms with Crippen LogP contribution in [-0.2, 0) is 0 Å². The molecule has 66 valence electrons. The molecule has 1 aromatic rings. The smallest absolute Gasteiger partial charge is 0.223 e. The number of hydrogen-bond acceptors (Lipinski definition) is 6. The van der Waals surface area contributed by atoms with Crippen LogP contribution in [0.25, 0.3) is 0 Å². The molecule has 0 saturated heterocycles. The summed E-state index contributed by atoms with van der Waals surface area (Å²) >= 11 is 0. The van der Waals surface area contributed by atoms with Crippen molar-refractivity contribution in [2.24, 2.45) is 5.84 Å². The highest BCUT2D eigenvalue weighted by molar-refractivity contribution is 5.50. The molecule has 0 aliphatic carbocycles. The van der Waals surface area contributed by atoms with E-state index in [1.807, 2.05) is 6.92 Å². The molecule has 6 N–H and O–H groups in total. The van der Waals surface area contributed by atoms with E-state index >= 15 is 0 Å². The van der Waals surface area contributed by atoms with Crippen molar-refractivity contribution in [2.75, 3.05) is 23.0 Å². The molecule has 0 aliphatic heterocycles. The largest absolute Gasteiger partial charge is 0.370 e. The Morgan fingerprint density at radius 1 is 1.42 bits per heavy atom. The second kappa shape index (κ2) is 3.72. The van der Waals surface area contributed by atoms with Crippen LogP contribution >= 0.6 is 0 Å². The molecule has 12 heavy (non-hydrogen) atoms. The standard InChI is InChI=1S/C6H12N6/c1-2-9-4-3-5(12-8)11-6(7)10-4/h3H,2,8H2,1H3,(H4,7,9,10,11,12). The fourth-order valence-electron chi connectivity index (χ4n) is 0.811. The number of anilines is 3. The van der Waals surface area contributed by atoms with Crippen molar-refractivity contribution in [3.05, 3.63) is 6.07 Å². The highest BCUT2D eigenvalue weighted by Gasteiger charge is 1.98. The molecule has 0 fully saturated rings. The Bertz CT molecular complexity index is 260. The van der Waals surface area contributed by atoms with Gasteiger partial charge in [-0.05, 0) is 6.92 Å². The van der Waals surface area contributed by atoms with Crippen LogP contribution in [-0.4, -0.2) is 16.5 Å². The summed E-state index contributed by atoms with van der Waals surface area (Å²) < 4.78 is 0. The Labute approximate surface area is 70.4 Å². The van der Waals surface area contributed by atoms with Crippen molar-refractivity contribution >= 4 is 17.6 Å². The SMILES string of the molecule is CCNc1cc(NN)nc(N)n1. The molecule has 0 aromatic carbocycles. The Morgan fingerprint density at radius 2 is 2.08 bits per heavy atom. The third-order valence-corrected chi connectivity index (χ3v) is 1.25. The summed E-state index contributed by atoms with van der Waals surface area (Å²) in [6, 6.07) is 1.68. The van der Waals surface area contributed by atoms with Crippen molar-refractivity contribution in [3.8, 4) is 0 Å². The van der Waals surface area contributed by atoms with Gasteiger partial charge in [0.05, 0.1) is 0 Å². The molecule has 6 nitrogen and oxygen atoms in total. The van der Waals surface area contributed by atoms with Gasteiger partial charge in [0.1, 0.15) is 11.6 Å². The van der Waals surface area contributed by atoms with Crippen molar-refractivity contribution < 1.29 is 0 Å². The molecule has 0 bridgehead atoms. The van der Waals surface area contributed by atoms with Crippen molar-refractivity contribution in [1.29, 1.82) is 0 Å². The lowest BCUT2D eigenvalue weighted by Crippen LogP contribution is -2.11. The van der Waals surface area contributed by atoms with Crippen LogP contribution in [0.5, 0.6) is 0 Å². The third-order valence-electron chi connectivity index (χ3n) is 1.25. The summed E-state index contributed by atoms with van der Waals surface area (Å²) in [5.74, 6) is 6.52. The Kier molecular flexibility index (Phi) is 2.65. The number of nitrogens with two attached hydrogens (primary N) is 2. The predicted molar refractivity (Wildman–Crippen MR) is 48.4 cm³/mol. The van der Waals surface area contributed by atoms with Gasteiger partial charge in [-0.2, -0.15) is 9.97 Å². The van der Waals surface area contributed by atoms with Gasteiger partial charge in [-0.15, -0.1) is 0 Å². The van der Waals surface area contributed by atoms with E-state index in [0.717, 1.165) is 6.54 Å². The minimum atomic E-state index is 0.196. The van der Waals surface area contributed by atoms with Crippen LogP contribution in [0, 0.1) is 0 Å². The lowest BCUT2D eigenvalue weighted by Gasteiger charge is -2.05. The normalized spacial score (nSPS) is 9.50. The quantitative estimate of drug-likeness (QED) is 0.367. The summed E-state index contributed by atoms with van der Waals surface area (Å²) in [6.07, 6.45) is 0. The van der Waals surface area contributed by atoms with E-state index in [2.05, 4.69) is 20.7 Å². The van der Waals surface area contributed by atoms with E-state index in [9.17, 15) is 0 Å². The maximum Gasteiger partial charge on any atom is 0.223 e. The molecular formula is C6H12N6. The number of aromatic nitrogens is 2. The highest BCUT2D eigenvalue weighted by Crippen LogP contribution is 2.10. The van der Waals surface area contributed by atoms with Gasteiger partial charge in [0.2, 0.25) is 5.95 Å². The highest BCUT2D eigenvalue weighted by atomic mass is 15.3. The van der Waals surface area contributed by atoms with E-state index in [-0.39, 0.29) is 5.95 Å². The van der Waals surface area contributed by atoms with Crippen LogP contribution < -0.4 is 22.3 Å². The number of nitrogens with one attached hydrogen (secondary N) is 2. The number of rotatable bonds is 3. The number of hydrogen-bond donors (Lipinski definition) is 4. The van der Waals surface area contributed by atoms with Crippen LogP contribution in [0.15, 0.2) is 6.07 Å². The van der Waals surface area contributed by atoms with E-state index in [4.69, 9.17) is 11.6 Å². The zero-order valence-electron chi connectivity index (χ0n) is 6.83. The molecule has 0 amide bonds. The Morgan fingerprint density at radius 3 is 2.67 bits per heavy atom. The summed E-state index contributed by atoms with van der Waals surface area (Å²) in [6.45, 7) is 2.74. The van der Waals surface area contributed by atoms with E-state index in [1.54, 1.807) is 6.07 Å². The zero-order chi connectivity index (χ0) is 8.97. The fraction of sp³-hybridized carbons (Fsp3) is 0.333. The van der Waals surface area contributed by atoms with Crippen LogP contribution in [0.1, 0.15) is 6.92 Å². The van der Waals surface area contributed by atoms with Crippen LogP contribution in [0.2, 0.25) is 0 Å². The summed E-state index contributed by atoms with van der Waals surface area (Å²) in [7, 11) is 0. The molecule has 1 heterocycles. The molecule has 0 saturated carbocycles. The van der Waals surface area contributed by atoms with Crippen molar-refractivity contribution in [3.63, 3.8) is 0 Å². The predicted octanol–water partition coefficient (Wildman–Crippen LogP) is -0.224. The first-order chi connectivity index (χ1) is 5.76. The maximum atomic E-state index is 5.41.